The van der Waals surface area contributed by atoms with Crippen LogP contribution < -0.4 is 21.7 Å². The van der Waals surface area contributed by atoms with Gasteiger partial charge in [-0.1, -0.05) is 18.2 Å². The number of amides is 3. The zero-order chi connectivity index (χ0) is 22.3. The lowest BCUT2D eigenvalue weighted by Gasteiger charge is -2.24. The highest BCUT2D eigenvalue weighted by Crippen LogP contribution is 2.19. The second-order valence-corrected chi connectivity index (χ2v) is 6.73. The molecule has 3 unspecified atom stereocenters. The highest BCUT2D eigenvalue weighted by Gasteiger charge is 2.30. The molecule has 2 aromatic rings. The SMILES string of the molecule is CC(O)C(NC(=O)CN)C(=O)NC(Cc1c[nH]c2ccccc12)C(=O)NCC(=O)O. The summed E-state index contributed by atoms with van der Waals surface area (Å²) >= 11 is 0. The zero-order valence-electron chi connectivity index (χ0n) is 16.3. The molecule has 0 saturated heterocycles. The number of carboxylic acid groups (broad SMARTS) is 1. The predicted molar refractivity (Wildman–Crippen MR) is 107 cm³/mol. The molecule has 3 amide bonds. The van der Waals surface area contributed by atoms with Crippen molar-refractivity contribution < 1.29 is 29.4 Å². The molecule has 30 heavy (non-hydrogen) atoms. The fourth-order valence-electron chi connectivity index (χ4n) is 2.91. The van der Waals surface area contributed by atoms with Crippen molar-refractivity contribution in [2.75, 3.05) is 13.1 Å². The van der Waals surface area contributed by atoms with Gasteiger partial charge in [-0.3, -0.25) is 19.2 Å². The third kappa shape index (κ3) is 6.03. The minimum atomic E-state index is -1.33. The summed E-state index contributed by atoms with van der Waals surface area (Å²) < 4.78 is 0. The predicted octanol–water partition coefficient (Wildman–Crippen LogP) is -1.78. The van der Waals surface area contributed by atoms with E-state index in [9.17, 15) is 24.3 Å². The van der Waals surface area contributed by atoms with Crippen molar-refractivity contribution in [2.24, 2.45) is 5.73 Å². The maximum absolute atomic E-state index is 12.7. The summed E-state index contributed by atoms with van der Waals surface area (Å²) in [6.45, 7) is 0.303. The molecule has 11 heteroatoms. The van der Waals surface area contributed by atoms with Crippen LogP contribution in [0.15, 0.2) is 30.5 Å². The lowest BCUT2D eigenvalue weighted by molar-refractivity contribution is -0.138. The maximum atomic E-state index is 12.7. The maximum Gasteiger partial charge on any atom is 0.322 e. The molecule has 2 rings (SSSR count). The van der Waals surface area contributed by atoms with Crippen LogP contribution in [0.4, 0.5) is 0 Å². The minimum Gasteiger partial charge on any atom is -0.480 e. The van der Waals surface area contributed by atoms with Gasteiger partial charge >= 0.3 is 5.97 Å². The molecule has 0 fully saturated rings. The summed E-state index contributed by atoms with van der Waals surface area (Å²) in [6.07, 6.45) is 0.492. The molecule has 0 bridgehead atoms. The number of aliphatic hydroxyl groups is 1. The van der Waals surface area contributed by atoms with E-state index >= 15 is 0 Å². The largest absolute Gasteiger partial charge is 0.480 e. The number of aromatic nitrogens is 1. The normalized spacial score (nSPS) is 13.8. The molecule has 11 nitrogen and oxygen atoms in total. The number of H-pyrrole nitrogens is 1. The van der Waals surface area contributed by atoms with Crippen LogP contribution >= 0.6 is 0 Å². The molecule has 0 aliphatic rings. The Morgan fingerprint density at radius 1 is 1.13 bits per heavy atom. The van der Waals surface area contributed by atoms with Gasteiger partial charge in [0.1, 0.15) is 18.6 Å². The van der Waals surface area contributed by atoms with Crippen LogP contribution in [0, 0.1) is 0 Å². The summed E-state index contributed by atoms with van der Waals surface area (Å²) in [5.74, 6) is -3.41. The van der Waals surface area contributed by atoms with Crippen molar-refractivity contribution in [3.05, 3.63) is 36.0 Å². The number of rotatable bonds is 10. The molecule has 0 saturated carbocycles. The van der Waals surface area contributed by atoms with Crippen molar-refractivity contribution in [3.63, 3.8) is 0 Å². The molecule has 3 atom stereocenters. The molecule has 1 aromatic heterocycles. The first kappa shape index (κ1) is 22.8. The van der Waals surface area contributed by atoms with Crippen molar-refractivity contribution in [2.45, 2.75) is 31.5 Å². The first-order chi connectivity index (χ1) is 14.2. The Bertz CT molecular complexity index is 925. The number of hydrogen-bond donors (Lipinski definition) is 7. The number of carboxylic acids is 1. The fourth-order valence-corrected chi connectivity index (χ4v) is 2.91. The molecular formula is C19H25N5O6. The molecule has 0 aliphatic heterocycles. The Hall–Kier alpha value is -3.44. The van der Waals surface area contributed by atoms with E-state index < -0.39 is 48.4 Å². The van der Waals surface area contributed by atoms with E-state index in [0.717, 1.165) is 16.5 Å². The standard InChI is InChI=1S/C19H25N5O6/c1-10(25)17(24-15(26)7-20)19(30)23-14(18(29)22-9-16(27)28)6-11-8-21-13-5-3-2-4-12(11)13/h2-5,8,10,14,17,21,25H,6-7,9,20H2,1H3,(H,22,29)(H,23,30)(H,24,26)(H,27,28). The van der Waals surface area contributed by atoms with Crippen molar-refractivity contribution in [1.29, 1.82) is 0 Å². The average Bonchev–Trinajstić information content (AvgIpc) is 3.12. The highest BCUT2D eigenvalue weighted by molar-refractivity contribution is 5.94. The van der Waals surface area contributed by atoms with Crippen LogP contribution in [0.3, 0.4) is 0 Å². The van der Waals surface area contributed by atoms with Crippen LogP contribution in [-0.4, -0.2) is 70.2 Å². The zero-order valence-corrected chi connectivity index (χ0v) is 16.3. The number of benzene rings is 1. The van der Waals surface area contributed by atoms with Gasteiger partial charge in [-0.25, -0.2) is 0 Å². The van der Waals surface area contributed by atoms with Gasteiger partial charge in [0, 0.05) is 23.5 Å². The number of nitrogens with one attached hydrogen (secondary N) is 4. The second-order valence-electron chi connectivity index (χ2n) is 6.73. The van der Waals surface area contributed by atoms with E-state index in [1.54, 1.807) is 6.20 Å². The average molecular weight is 419 g/mol. The number of hydrogen-bond acceptors (Lipinski definition) is 6. The van der Waals surface area contributed by atoms with Crippen molar-refractivity contribution in [1.82, 2.24) is 20.9 Å². The quantitative estimate of drug-likeness (QED) is 0.237. The van der Waals surface area contributed by atoms with Gasteiger partial charge in [-0.05, 0) is 18.6 Å². The second kappa shape index (κ2) is 10.4. The number of fused-ring (bicyclic) bond motifs is 1. The van der Waals surface area contributed by atoms with Crippen LogP contribution in [0.25, 0.3) is 10.9 Å². The lowest BCUT2D eigenvalue weighted by atomic mass is 10.0. The fraction of sp³-hybridized carbons (Fsp3) is 0.368. The number of aromatic amines is 1. The van der Waals surface area contributed by atoms with Gasteiger partial charge in [0.25, 0.3) is 0 Å². The smallest absolute Gasteiger partial charge is 0.322 e. The van der Waals surface area contributed by atoms with Crippen molar-refractivity contribution in [3.8, 4) is 0 Å². The number of carbonyl (C=O) groups is 4. The number of aliphatic carboxylic acids is 1. The van der Waals surface area contributed by atoms with Crippen LogP contribution in [0.1, 0.15) is 12.5 Å². The molecule has 0 spiro atoms. The molecule has 1 heterocycles. The van der Waals surface area contributed by atoms with Crippen LogP contribution in [0.5, 0.6) is 0 Å². The number of aliphatic hydroxyl groups excluding tert-OH is 1. The van der Waals surface area contributed by atoms with E-state index in [2.05, 4.69) is 20.9 Å². The molecule has 0 aliphatic carbocycles. The summed E-state index contributed by atoms with van der Waals surface area (Å²) in [4.78, 5) is 50.6. The van der Waals surface area contributed by atoms with E-state index in [4.69, 9.17) is 10.8 Å². The first-order valence-corrected chi connectivity index (χ1v) is 9.25. The summed E-state index contributed by atoms with van der Waals surface area (Å²) in [6, 6.07) is 4.88. The van der Waals surface area contributed by atoms with Gasteiger partial charge in [0.15, 0.2) is 0 Å². The van der Waals surface area contributed by atoms with Gasteiger partial charge < -0.3 is 36.9 Å². The van der Waals surface area contributed by atoms with Gasteiger partial charge in [-0.15, -0.1) is 0 Å². The van der Waals surface area contributed by atoms with E-state index in [1.165, 1.54) is 6.92 Å². The number of para-hydroxylation sites is 1. The van der Waals surface area contributed by atoms with E-state index in [0.29, 0.717) is 0 Å². The summed E-state index contributed by atoms with van der Waals surface area (Å²) in [5, 5.41) is 26.5. The van der Waals surface area contributed by atoms with Crippen molar-refractivity contribution >= 4 is 34.6 Å². The van der Waals surface area contributed by atoms with Gasteiger partial charge in [-0.2, -0.15) is 0 Å². The third-order valence-corrected chi connectivity index (χ3v) is 4.41. The molecule has 1 aromatic carbocycles. The van der Waals surface area contributed by atoms with E-state index in [1.807, 2.05) is 24.3 Å². The van der Waals surface area contributed by atoms with Crippen LogP contribution in [-0.2, 0) is 25.6 Å². The monoisotopic (exact) mass is 419 g/mol. The molecule has 162 valence electrons. The topological polar surface area (TPSA) is 187 Å². The summed E-state index contributed by atoms with van der Waals surface area (Å²) in [7, 11) is 0. The van der Waals surface area contributed by atoms with Crippen LogP contribution in [0.2, 0.25) is 0 Å². The lowest BCUT2D eigenvalue weighted by Crippen LogP contribution is -2.58. The molecular weight excluding hydrogens is 394 g/mol. The Morgan fingerprint density at radius 2 is 1.83 bits per heavy atom. The molecule has 0 radical (unpaired) electrons. The third-order valence-electron chi connectivity index (χ3n) is 4.41. The summed E-state index contributed by atoms with van der Waals surface area (Å²) in [5.41, 5.74) is 6.79. The minimum absolute atomic E-state index is 0.0541. The Kier molecular flexibility index (Phi) is 7.90. The number of nitrogens with two attached hydrogens (primary N) is 1. The van der Waals surface area contributed by atoms with Gasteiger partial charge in [0.2, 0.25) is 17.7 Å². The Balaban J connectivity index is 2.23. The van der Waals surface area contributed by atoms with E-state index in [-0.39, 0.29) is 13.0 Å². The van der Waals surface area contributed by atoms with Gasteiger partial charge in [0.05, 0.1) is 12.6 Å². The molecule has 8 N–H and O–H groups in total. The highest BCUT2D eigenvalue weighted by atomic mass is 16.4. The number of carbonyl (C=O) groups excluding carboxylic acids is 3. The first-order valence-electron chi connectivity index (χ1n) is 9.25. The Labute approximate surface area is 172 Å². The Morgan fingerprint density at radius 3 is 2.47 bits per heavy atom.